The van der Waals surface area contributed by atoms with Crippen LogP contribution in [0, 0.1) is 0 Å². The molecule has 4 nitrogen and oxygen atoms in total. The van der Waals surface area contributed by atoms with Gasteiger partial charge < -0.3 is 10.3 Å². The molecule has 19 heavy (non-hydrogen) atoms. The van der Waals surface area contributed by atoms with Gasteiger partial charge in [-0.2, -0.15) is 4.98 Å². The fraction of sp³-hybridized carbons (Fsp3) is 0.333. The highest BCUT2D eigenvalue weighted by molar-refractivity contribution is 5.17. The van der Waals surface area contributed by atoms with Crippen LogP contribution in [-0.4, -0.2) is 16.2 Å². The molecule has 0 fully saturated rings. The molecule has 0 spiro atoms. The number of hydrogen-bond acceptors (Lipinski definition) is 4. The molecule has 0 aliphatic heterocycles. The van der Waals surface area contributed by atoms with Crippen molar-refractivity contribution < 1.29 is 4.52 Å². The normalized spacial score (nSPS) is 21.9. The minimum absolute atomic E-state index is 0.115. The van der Waals surface area contributed by atoms with E-state index in [4.69, 9.17) is 10.3 Å². The maximum Gasteiger partial charge on any atom is 0.233 e. The molecule has 0 radical (unpaired) electrons. The molecule has 0 saturated heterocycles. The highest BCUT2D eigenvalue weighted by Gasteiger charge is 2.22. The van der Waals surface area contributed by atoms with Gasteiger partial charge in [0.2, 0.25) is 5.89 Å². The van der Waals surface area contributed by atoms with Crippen LogP contribution in [0.3, 0.4) is 0 Å². The van der Waals surface area contributed by atoms with Crippen molar-refractivity contribution in [2.75, 3.05) is 0 Å². The van der Waals surface area contributed by atoms with Crippen LogP contribution in [0.5, 0.6) is 0 Å². The van der Waals surface area contributed by atoms with Gasteiger partial charge in [-0.25, -0.2) is 0 Å². The smallest absolute Gasteiger partial charge is 0.233 e. The fourth-order valence-corrected chi connectivity index (χ4v) is 2.33. The molecule has 2 aromatic rings. The predicted molar refractivity (Wildman–Crippen MR) is 72.6 cm³/mol. The van der Waals surface area contributed by atoms with E-state index in [1.807, 2.05) is 24.3 Å². The van der Waals surface area contributed by atoms with E-state index in [0.717, 1.165) is 25.1 Å². The number of hydrogen-bond donors (Lipinski definition) is 1. The maximum atomic E-state index is 5.83. The third-order valence-electron chi connectivity index (χ3n) is 3.40. The summed E-state index contributed by atoms with van der Waals surface area (Å²) < 4.78 is 5.32. The van der Waals surface area contributed by atoms with Crippen molar-refractivity contribution in [3.05, 3.63) is 59.8 Å². The fourth-order valence-electron chi connectivity index (χ4n) is 2.33. The Morgan fingerprint density at radius 1 is 1.16 bits per heavy atom. The molecule has 0 saturated carbocycles. The summed E-state index contributed by atoms with van der Waals surface area (Å²) in [7, 11) is 0. The maximum absolute atomic E-state index is 5.83. The minimum Gasteiger partial charge on any atom is -0.339 e. The van der Waals surface area contributed by atoms with Crippen molar-refractivity contribution in [1.82, 2.24) is 10.1 Å². The second kappa shape index (κ2) is 5.36. The van der Waals surface area contributed by atoms with E-state index in [1.54, 1.807) is 0 Å². The summed E-state index contributed by atoms with van der Waals surface area (Å²) in [6, 6.07) is 10.4. The summed E-state index contributed by atoms with van der Waals surface area (Å²) in [6.07, 6.45) is 6.65. The molecule has 1 aliphatic rings. The standard InChI is InChI=1S/C15H17N3O/c16-13-8-7-12(10-13)15-17-14(18-19-15)9-6-11-4-2-1-3-5-11/h1-5,7-8,12-13H,6,9-10,16H2. The van der Waals surface area contributed by atoms with E-state index in [2.05, 4.69) is 28.3 Å². The van der Waals surface area contributed by atoms with Gasteiger partial charge in [0.15, 0.2) is 5.82 Å². The Bertz CT molecular complexity index is 562. The van der Waals surface area contributed by atoms with Crippen LogP contribution in [0.2, 0.25) is 0 Å². The zero-order valence-corrected chi connectivity index (χ0v) is 10.7. The lowest BCUT2D eigenvalue weighted by atomic mass is 10.1. The van der Waals surface area contributed by atoms with Crippen molar-refractivity contribution in [2.45, 2.75) is 31.2 Å². The first-order chi connectivity index (χ1) is 9.31. The summed E-state index contributed by atoms with van der Waals surface area (Å²) >= 11 is 0. The topological polar surface area (TPSA) is 64.9 Å². The van der Waals surface area contributed by atoms with E-state index in [9.17, 15) is 0 Å². The Morgan fingerprint density at radius 3 is 2.74 bits per heavy atom. The number of benzene rings is 1. The quantitative estimate of drug-likeness (QED) is 0.851. The molecule has 3 rings (SSSR count). The Labute approximate surface area is 112 Å². The van der Waals surface area contributed by atoms with Crippen molar-refractivity contribution in [3.8, 4) is 0 Å². The zero-order chi connectivity index (χ0) is 13.1. The van der Waals surface area contributed by atoms with Gasteiger partial charge in [0, 0.05) is 12.5 Å². The van der Waals surface area contributed by atoms with Crippen LogP contribution in [-0.2, 0) is 12.8 Å². The molecular weight excluding hydrogens is 238 g/mol. The molecule has 98 valence electrons. The average molecular weight is 255 g/mol. The van der Waals surface area contributed by atoms with Crippen LogP contribution in [0.1, 0.15) is 29.6 Å². The van der Waals surface area contributed by atoms with E-state index in [1.165, 1.54) is 5.56 Å². The van der Waals surface area contributed by atoms with Gasteiger partial charge in [0.25, 0.3) is 0 Å². The van der Waals surface area contributed by atoms with Crippen LogP contribution in [0.15, 0.2) is 47.0 Å². The van der Waals surface area contributed by atoms with E-state index < -0.39 is 0 Å². The molecule has 4 heteroatoms. The SMILES string of the molecule is NC1C=CC(c2nc(CCc3ccccc3)no2)C1. The third-order valence-corrected chi connectivity index (χ3v) is 3.40. The lowest BCUT2D eigenvalue weighted by molar-refractivity contribution is 0.360. The Kier molecular flexibility index (Phi) is 3.42. The number of aromatic nitrogens is 2. The van der Waals surface area contributed by atoms with E-state index >= 15 is 0 Å². The van der Waals surface area contributed by atoms with Gasteiger partial charge in [0.1, 0.15) is 0 Å². The number of nitrogens with zero attached hydrogens (tertiary/aromatic N) is 2. The van der Waals surface area contributed by atoms with Gasteiger partial charge in [-0.05, 0) is 18.4 Å². The van der Waals surface area contributed by atoms with Gasteiger partial charge in [-0.3, -0.25) is 0 Å². The van der Waals surface area contributed by atoms with Crippen LogP contribution in [0.4, 0.5) is 0 Å². The number of allylic oxidation sites excluding steroid dienone is 1. The molecule has 1 aromatic heterocycles. The summed E-state index contributed by atoms with van der Waals surface area (Å²) in [5, 5.41) is 4.04. The number of rotatable bonds is 4. The Hall–Kier alpha value is -1.94. The van der Waals surface area contributed by atoms with Crippen molar-refractivity contribution in [2.24, 2.45) is 5.73 Å². The molecular formula is C15H17N3O. The van der Waals surface area contributed by atoms with Gasteiger partial charge >= 0.3 is 0 Å². The molecule has 0 amide bonds. The number of nitrogens with two attached hydrogens (primary N) is 1. The highest BCUT2D eigenvalue weighted by Crippen LogP contribution is 2.26. The van der Waals surface area contributed by atoms with Crippen LogP contribution >= 0.6 is 0 Å². The lowest BCUT2D eigenvalue weighted by Crippen LogP contribution is -2.14. The van der Waals surface area contributed by atoms with Gasteiger partial charge in [-0.1, -0.05) is 47.6 Å². The lowest BCUT2D eigenvalue weighted by Gasteiger charge is -2.02. The molecule has 2 atom stereocenters. The van der Waals surface area contributed by atoms with Gasteiger partial charge in [-0.15, -0.1) is 0 Å². The molecule has 1 heterocycles. The zero-order valence-electron chi connectivity index (χ0n) is 10.7. The molecule has 1 aliphatic carbocycles. The van der Waals surface area contributed by atoms with Crippen LogP contribution < -0.4 is 5.73 Å². The van der Waals surface area contributed by atoms with Crippen molar-refractivity contribution in [3.63, 3.8) is 0 Å². The summed E-state index contributed by atoms with van der Waals surface area (Å²) in [6.45, 7) is 0. The van der Waals surface area contributed by atoms with E-state index in [0.29, 0.717) is 5.89 Å². The van der Waals surface area contributed by atoms with Crippen LogP contribution in [0.25, 0.3) is 0 Å². The molecule has 2 N–H and O–H groups in total. The summed E-state index contributed by atoms with van der Waals surface area (Å²) in [4.78, 5) is 4.46. The second-order valence-corrected chi connectivity index (χ2v) is 4.93. The third kappa shape index (κ3) is 2.90. The van der Waals surface area contributed by atoms with E-state index in [-0.39, 0.29) is 12.0 Å². The summed E-state index contributed by atoms with van der Waals surface area (Å²) in [5.74, 6) is 1.65. The van der Waals surface area contributed by atoms with Crippen molar-refractivity contribution >= 4 is 0 Å². The minimum atomic E-state index is 0.115. The first-order valence-electron chi connectivity index (χ1n) is 6.61. The first kappa shape index (κ1) is 12.1. The van der Waals surface area contributed by atoms with Crippen molar-refractivity contribution in [1.29, 1.82) is 0 Å². The average Bonchev–Trinajstić information content (AvgIpc) is 3.06. The monoisotopic (exact) mass is 255 g/mol. The highest BCUT2D eigenvalue weighted by atomic mass is 16.5. The molecule has 1 aromatic carbocycles. The number of aryl methyl sites for hydroxylation is 2. The Balaban J connectivity index is 1.61. The van der Waals surface area contributed by atoms with Gasteiger partial charge in [0.05, 0.1) is 5.92 Å². The first-order valence-corrected chi connectivity index (χ1v) is 6.61. The second-order valence-electron chi connectivity index (χ2n) is 4.93. The molecule has 0 bridgehead atoms. The summed E-state index contributed by atoms with van der Waals surface area (Å²) in [5.41, 5.74) is 7.12. The molecule has 2 unspecified atom stereocenters. The Morgan fingerprint density at radius 2 is 2.00 bits per heavy atom. The predicted octanol–water partition coefficient (Wildman–Crippen LogP) is 2.23. The largest absolute Gasteiger partial charge is 0.339 e.